The minimum Gasteiger partial charge on any atom is -0.391 e. The first kappa shape index (κ1) is 11.5. The highest BCUT2D eigenvalue weighted by Gasteiger charge is 2.04. The van der Waals surface area contributed by atoms with Gasteiger partial charge in [0, 0.05) is 17.4 Å². The number of aliphatic hydroxyl groups excluding tert-OH is 1. The van der Waals surface area contributed by atoms with E-state index in [-0.39, 0.29) is 6.61 Å². The monoisotopic (exact) mass is 229 g/mol. The first-order valence-electron chi connectivity index (χ1n) is 5.46. The van der Waals surface area contributed by atoms with E-state index < -0.39 is 0 Å². The summed E-state index contributed by atoms with van der Waals surface area (Å²) in [6.07, 6.45) is 1.64. The molecule has 0 spiro atoms. The van der Waals surface area contributed by atoms with Gasteiger partial charge in [-0.15, -0.1) is 0 Å². The molecule has 0 unspecified atom stereocenters. The van der Waals surface area contributed by atoms with Crippen molar-refractivity contribution < 1.29 is 5.11 Å². The highest BCUT2D eigenvalue weighted by atomic mass is 16.3. The Kier molecular flexibility index (Phi) is 3.35. The fourth-order valence-corrected chi connectivity index (χ4v) is 1.49. The van der Waals surface area contributed by atoms with Gasteiger partial charge >= 0.3 is 0 Å². The van der Waals surface area contributed by atoms with Crippen LogP contribution in [0.3, 0.4) is 0 Å². The highest BCUT2D eigenvalue weighted by Crippen LogP contribution is 2.18. The van der Waals surface area contributed by atoms with Crippen LogP contribution in [0.1, 0.15) is 17.0 Å². The van der Waals surface area contributed by atoms with Gasteiger partial charge in [-0.05, 0) is 26.0 Å². The molecule has 2 aromatic rings. The van der Waals surface area contributed by atoms with Crippen molar-refractivity contribution in [3.63, 3.8) is 0 Å². The lowest BCUT2D eigenvalue weighted by molar-refractivity contribution is 0.281. The lowest BCUT2D eigenvalue weighted by atomic mass is 10.2. The lowest BCUT2D eigenvalue weighted by Crippen LogP contribution is -2.02. The molecule has 0 aliphatic heterocycles. The molecule has 2 N–H and O–H groups in total. The summed E-state index contributed by atoms with van der Waals surface area (Å²) in [6.45, 7) is 3.79. The SMILES string of the molecule is Cc1ccc(Nc2nc(C)ncc2CO)cc1. The molecular formula is C13H15N3O. The van der Waals surface area contributed by atoms with Crippen LogP contribution in [-0.2, 0) is 6.61 Å². The molecule has 0 saturated heterocycles. The first-order chi connectivity index (χ1) is 8.19. The van der Waals surface area contributed by atoms with Crippen molar-refractivity contribution in [3.05, 3.63) is 47.4 Å². The first-order valence-corrected chi connectivity index (χ1v) is 5.46. The Morgan fingerprint density at radius 1 is 1.18 bits per heavy atom. The van der Waals surface area contributed by atoms with E-state index in [0.717, 1.165) is 5.69 Å². The summed E-state index contributed by atoms with van der Waals surface area (Å²) in [7, 11) is 0. The van der Waals surface area contributed by atoms with Crippen LogP contribution in [0.4, 0.5) is 11.5 Å². The molecule has 4 heteroatoms. The van der Waals surface area contributed by atoms with E-state index in [1.54, 1.807) is 6.20 Å². The number of hydrogen-bond donors (Lipinski definition) is 2. The van der Waals surface area contributed by atoms with Gasteiger partial charge in [-0.25, -0.2) is 9.97 Å². The third-order valence-corrected chi connectivity index (χ3v) is 2.47. The van der Waals surface area contributed by atoms with Gasteiger partial charge < -0.3 is 10.4 Å². The smallest absolute Gasteiger partial charge is 0.139 e. The fraction of sp³-hybridized carbons (Fsp3) is 0.231. The maximum absolute atomic E-state index is 9.21. The summed E-state index contributed by atoms with van der Waals surface area (Å²) in [5, 5.41) is 12.4. The van der Waals surface area contributed by atoms with Crippen LogP contribution in [0, 0.1) is 13.8 Å². The third-order valence-electron chi connectivity index (χ3n) is 2.47. The second-order valence-electron chi connectivity index (χ2n) is 3.94. The van der Waals surface area contributed by atoms with E-state index in [4.69, 9.17) is 0 Å². The predicted molar refractivity (Wildman–Crippen MR) is 67.2 cm³/mol. The molecule has 2 rings (SSSR count). The number of hydrogen-bond acceptors (Lipinski definition) is 4. The predicted octanol–water partition coefficient (Wildman–Crippen LogP) is 2.33. The summed E-state index contributed by atoms with van der Waals surface area (Å²) in [6, 6.07) is 8.01. The van der Waals surface area contributed by atoms with Crippen LogP contribution in [0.2, 0.25) is 0 Å². The number of benzene rings is 1. The van der Waals surface area contributed by atoms with Crippen molar-refractivity contribution in [2.75, 3.05) is 5.32 Å². The summed E-state index contributed by atoms with van der Waals surface area (Å²) in [5.74, 6) is 1.33. The van der Waals surface area contributed by atoms with Crippen LogP contribution < -0.4 is 5.32 Å². The van der Waals surface area contributed by atoms with Crippen LogP contribution >= 0.6 is 0 Å². The van der Waals surface area contributed by atoms with E-state index in [1.165, 1.54) is 5.56 Å². The zero-order valence-electron chi connectivity index (χ0n) is 9.94. The highest BCUT2D eigenvalue weighted by molar-refractivity contribution is 5.59. The van der Waals surface area contributed by atoms with Gasteiger partial charge in [-0.3, -0.25) is 0 Å². The normalized spacial score (nSPS) is 10.3. The topological polar surface area (TPSA) is 58.0 Å². The van der Waals surface area contributed by atoms with Crippen LogP contribution in [0.15, 0.2) is 30.5 Å². The number of nitrogens with one attached hydrogen (secondary N) is 1. The molecule has 0 atom stereocenters. The molecule has 1 aromatic heterocycles. The fourth-order valence-electron chi connectivity index (χ4n) is 1.49. The number of nitrogens with zero attached hydrogens (tertiary/aromatic N) is 2. The van der Waals surface area contributed by atoms with Crippen molar-refractivity contribution in [2.45, 2.75) is 20.5 Å². The molecule has 0 bridgehead atoms. The molecule has 0 saturated carbocycles. The number of rotatable bonds is 3. The average Bonchev–Trinajstić information content (AvgIpc) is 2.32. The van der Waals surface area contributed by atoms with Gasteiger partial charge in [0.1, 0.15) is 11.6 Å². The Balaban J connectivity index is 2.28. The summed E-state index contributed by atoms with van der Waals surface area (Å²) in [4.78, 5) is 8.33. The molecule has 0 aliphatic carbocycles. The zero-order chi connectivity index (χ0) is 12.3. The van der Waals surface area contributed by atoms with Gasteiger partial charge in [0.15, 0.2) is 0 Å². The van der Waals surface area contributed by atoms with Crippen LogP contribution in [-0.4, -0.2) is 15.1 Å². The molecule has 0 fully saturated rings. The molecule has 1 heterocycles. The van der Waals surface area contributed by atoms with Crippen LogP contribution in [0.25, 0.3) is 0 Å². The molecule has 4 nitrogen and oxygen atoms in total. The van der Waals surface area contributed by atoms with Crippen LogP contribution in [0.5, 0.6) is 0 Å². The average molecular weight is 229 g/mol. The van der Waals surface area contributed by atoms with E-state index in [2.05, 4.69) is 15.3 Å². The molecule has 0 radical (unpaired) electrons. The minimum atomic E-state index is -0.0749. The molecule has 17 heavy (non-hydrogen) atoms. The van der Waals surface area contributed by atoms with Crippen molar-refractivity contribution >= 4 is 11.5 Å². The quantitative estimate of drug-likeness (QED) is 0.848. The Morgan fingerprint density at radius 3 is 2.53 bits per heavy atom. The Bertz CT molecular complexity index is 509. The van der Waals surface area contributed by atoms with Crippen molar-refractivity contribution in [2.24, 2.45) is 0 Å². The van der Waals surface area contributed by atoms with E-state index in [9.17, 15) is 5.11 Å². The molecule has 1 aromatic carbocycles. The Hall–Kier alpha value is -1.94. The second-order valence-corrected chi connectivity index (χ2v) is 3.94. The Morgan fingerprint density at radius 2 is 1.88 bits per heavy atom. The minimum absolute atomic E-state index is 0.0749. The van der Waals surface area contributed by atoms with Gasteiger partial charge in [-0.2, -0.15) is 0 Å². The van der Waals surface area contributed by atoms with Crippen molar-refractivity contribution in [3.8, 4) is 0 Å². The van der Waals surface area contributed by atoms with Gasteiger partial charge in [0.2, 0.25) is 0 Å². The maximum Gasteiger partial charge on any atom is 0.139 e. The van der Waals surface area contributed by atoms with Gasteiger partial charge in [0.05, 0.1) is 6.61 Å². The number of aliphatic hydroxyl groups is 1. The standard InChI is InChI=1S/C13H15N3O/c1-9-3-5-12(6-4-9)16-13-11(8-17)7-14-10(2)15-13/h3-7,17H,8H2,1-2H3,(H,14,15,16). The van der Waals surface area contributed by atoms with E-state index in [1.807, 2.05) is 38.1 Å². The van der Waals surface area contributed by atoms with E-state index in [0.29, 0.717) is 17.2 Å². The number of aryl methyl sites for hydroxylation is 2. The third kappa shape index (κ3) is 2.79. The largest absolute Gasteiger partial charge is 0.391 e. The maximum atomic E-state index is 9.21. The van der Waals surface area contributed by atoms with Gasteiger partial charge in [-0.1, -0.05) is 17.7 Å². The summed E-state index contributed by atoms with van der Waals surface area (Å²) in [5.41, 5.74) is 2.84. The van der Waals surface area contributed by atoms with Crippen molar-refractivity contribution in [1.82, 2.24) is 9.97 Å². The molecule has 0 amide bonds. The summed E-state index contributed by atoms with van der Waals surface area (Å²) >= 11 is 0. The zero-order valence-corrected chi connectivity index (χ0v) is 9.94. The lowest BCUT2D eigenvalue weighted by Gasteiger charge is -2.10. The van der Waals surface area contributed by atoms with Crippen molar-refractivity contribution in [1.29, 1.82) is 0 Å². The van der Waals surface area contributed by atoms with E-state index >= 15 is 0 Å². The molecule has 88 valence electrons. The summed E-state index contributed by atoms with van der Waals surface area (Å²) < 4.78 is 0. The molecule has 0 aliphatic rings. The van der Waals surface area contributed by atoms with Gasteiger partial charge in [0.25, 0.3) is 0 Å². The second kappa shape index (κ2) is 4.93. The molecular weight excluding hydrogens is 214 g/mol. The number of anilines is 2. The number of aromatic nitrogens is 2. The Labute approximate surface area is 100 Å².